The van der Waals surface area contributed by atoms with Crippen LogP contribution in [0.25, 0.3) is 0 Å². The zero-order chi connectivity index (χ0) is 19.4. The summed E-state index contributed by atoms with van der Waals surface area (Å²) in [5.41, 5.74) is 2.57. The SMILES string of the molecule is Cc1ccc(C(=O)N(CC(=O)Nc2nc(C)c(C)s2)C[C@H]2CCCO2)cc1. The lowest BCUT2D eigenvalue weighted by Gasteiger charge is -2.25. The summed E-state index contributed by atoms with van der Waals surface area (Å²) in [6, 6.07) is 7.40. The van der Waals surface area contributed by atoms with E-state index in [0.29, 0.717) is 23.8 Å². The maximum absolute atomic E-state index is 13.0. The molecule has 1 aromatic heterocycles. The molecule has 1 aliphatic heterocycles. The molecule has 2 aromatic rings. The topological polar surface area (TPSA) is 71.5 Å². The Morgan fingerprint density at radius 2 is 2.00 bits per heavy atom. The molecule has 0 radical (unpaired) electrons. The van der Waals surface area contributed by atoms with Gasteiger partial charge in [0.05, 0.1) is 11.8 Å². The average molecular weight is 388 g/mol. The minimum atomic E-state index is -0.248. The second-order valence-electron chi connectivity index (χ2n) is 6.90. The molecule has 0 spiro atoms. The Kier molecular flexibility index (Phi) is 6.23. The van der Waals surface area contributed by atoms with Crippen LogP contribution in [0.2, 0.25) is 0 Å². The Morgan fingerprint density at radius 1 is 1.26 bits per heavy atom. The number of hydrogen-bond donors (Lipinski definition) is 1. The molecule has 7 heteroatoms. The standard InChI is InChI=1S/C20H25N3O3S/c1-13-6-8-16(9-7-13)19(25)23(11-17-5-4-10-26-17)12-18(24)22-20-21-14(2)15(3)27-20/h6-9,17H,4-5,10-12H2,1-3H3,(H,21,22,24)/t17-/m1/s1. The quantitative estimate of drug-likeness (QED) is 0.825. The molecule has 2 amide bonds. The van der Waals surface area contributed by atoms with Gasteiger partial charge in [-0.3, -0.25) is 9.59 Å². The number of anilines is 1. The predicted molar refractivity (Wildman–Crippen MR) is 106 cm³/mol. The summed E-state index contributed by atoms with van der Waals surface area (Å²) in [7, 11) is 0. The molecule has 1 N–H and O–H groups in total. The summed E-state index contributed by atoms with van der Waals surface area (Å²) in [5, 5.41) is 3.37. The molecule has 27 heavy (non-hydrogen) atoms. The van der Waals surface area contributed by atoms with Gasteiger partial charge in [-0.05, 0) is 45.7 Å². The molecule has 6 nitrogen and oxygen atoms in total. The largest absolute Gasteiger partial charge is 0.376 e. The molecule has 0 aliphatic carbocycles. The van der Waals surface area contributed by atoms with Crippen LogP contribution in [-0.4, -0.2) is 47.5 Å². The first kappa shape index (κ1) is 19.5. The number of rotatable bonds is 6. The van der Waals surface area contributed by atoms with E-state index in [4.69, 9.17) is 4.74 Å². The van der Waals surface area contributed by atoms with Gasteiger partial charge in [-0.25, -0.2) is 4.98 Å². The van der Waals surface area contributed by atoms with Crippen molar-refractivity contribution in [1.29, 1.82) is 0 Å². The van der Waals surface area contributed by atoms with Crippen LogP contribution in [0.15, 0.2) is 24.3 Å². The van der Waals surface area contributed by atoms with Crippen LogP contribution in [0.4, 0.5) is 5.13 Å². The third-order valence-electron chi connectivity index (χ3n) is 4.64. The lowest BCUT2D eigenvalue weighted by atomic mass is 10.1. The maximum Gasteiger partial charge on any atom is 0.254 e. The minimum Gasteiger partial charge on any atom is -0.376 e. The van der Waals surface area contributed by atoms with Crippen molar-refractivity contribution in [1.82, 2.24) is 9.88 Å². The number of ether oxygens (including phenoxy) is 1. The second-order valence-corrected chi connectivity index (χ2v) is 8.10. The molecule has 2 heterocycles. The van der Waals surface area contributed by atoms with E-state index in [-0.39, 0.29) is 24.5 Å². The zero-order valence-electron chi connectivity index (χ0n) is 15.9. The number of amides is 2. The number of thiazole rings is 1. The Hall–Kier alpha value is -2.25. The fourth-order valence-electron chi connectivity index (χ4n) is 2.99. The van der Waals surface area contributed by atoms with Crippen molar-refractivity contribution in [2.75, 3.05) is 25.0 Å². The Morgan fingerprint density at radius 3 is 2.59 bits per heavy atom. The molecule has 1 atom stereocenters. The molecule has 1 aliphatic rings. The molecule has 0 saturated carbocycles. The van der Waals surface area contributed by atoms with Crippen molar-refractivity contribution in [3.63, 3.8) is 0 Å². The molecule has 1 saturated heterocycles. The van der Waals surface area contributed by atoms with Gasteiger partial charge in [-0.1, -0.05) is 17.7 Å². The summed E-state index contributed by atoms with van der Waals surface area (Å²) in [4.78, 5) is 32.5. The number of nitrogens with one attached hydrogen (secondary N) is 1. The van der Waals surface area contributed by atoms with Gasteiger partial charge in [0, 0.05) is 23.6 Å². The normalized spacial score (nSPS) is 16.3. The number of aryl methyl sites for hydroxylation is 3. The molecular weight excluding hydrogens is 362 g/mol. The molecular formula is C20H25N3O3S. The van der Waals surface area contributed by atoms with Crippen LogP contribution in [-0.2, 0) is 9.53 Å². The van der Waals surface area contributed by atoms with Crippen molar-refractivity contribution in [3.05, 3.63) is 46.0 Å². The first-order chi connectivity index (χ1) is 12.9. The van der Waals surface area contributed by atoms with E-state index in [1.54, 1.807) is 17.0 Å². The minimum absolute atomic E-state index is 0.0171. The number of carbonyl (C=O) groups is 2. The smallest absolute Gasteiger partial charge is 0.254 e. The van der Waals surface area contributed by atoms with Crippen molar-refractivity contribution >= 4 is 28.3 Å². The maximum atomic E-state index is 13.0. The summed E-state index contributed by atoms with van der Waals surface area (Å²) >= 11 is 1.44. The summed E-state index contributed by atoms with van der Waals surface area (Å²) in [5.74, 6) is -0.408. The van der Waals surface area contributed by atoms with E-state index in [9.17, 15) is 9.59 Å². The van der Waals surface area contributed by atoms with Crippen LogP contribution >= 0.6 is 11.3 Å². The van der Waals surface area contributed by atoms with Gasteiger partial charge in [-0.15, -0.1) is 11.3 Å². The lowest BCUT2D eigenvalue weighted by molar-refractivity contribution is -0.117. The third-order valence-corrected chi connectivity index (χ3v) is 5.63. The van der Waals surface area contributed by atoms with Gasteiger partial charge in [0.25, 0.3) is 5.91 Å². The fourth-order valence-corrected chi connectivity index (χ4v) is 3.82. The average Bonchev–Trinajstić information content (AvgIpc) is 3.24. The highest BCUT2D eigenvalue weighted by Crippen LogP contribution is 2.21. The van der Waals surface area contributed by atoms with Crippen LogP contribution in [0.1, 0.15) is 39.3 Å². The highest BCUT2D eigenvalue weighted by molar-refractivity contribution is 7.15. The first-order valence-corrected chi connectivity index (χ1v) is 9.95. The Labute approximate surface area is 163 Å². The highest BCUT2D eigenvalue weighted by atomic mass is 32.1. The van der Waals surface area contributed by atoms with Gasteiger partial charge >= 0.3 is 0 Å². The van der Waals surface area contributed by atoms with Crippen LogP contribution in [0.5, 0.6) is 0 Å². The zero-order valence-corrected chi connectivity index (χ0v) is 16.8. The van der Waals surface area contributed by atoms with Gasteiger partial charge in [0.2, 0.25) is 5.91 Å². The summed E-state index contributed by atoms with van der Waals surface area (Å²) in [6.45, 7) is 6.95. The molecule has 3 rings (SSSR count). The number of hydrogen-bond acceptors (Lipinski definition) is 5. The van der Waals surface area contributed by atoms with Gasteiger partial charge in [-0.2, -0.15) is 0 Å². The van der Waals surface area contributed by atoms with Crippen molar-refractivity contribution in [2.45, 2.75) is 39.7 Å². The first-order valence-electron chi connectivity index (χ1n) is 9.14. The second kappa shape index (κ2) is 8.63. The van der Waals surface area contributed by atoms with Gasteiger partial charge in [0.15, 0.2) is 5.13 Å². The highest BCUT2D eigenvalue weighted by Gasteiger charge is 2.25. The van der Waals surface area contributed by atoms with Crippen LogP contribution in [0.3, 0.4) is 0 Å². The van der Waals surface area contributed by atoms with E-state index < -0.39 is 0 Å². The number of nitrogens with zero attached hydrogens (tertiary/aromatic N) is 2. The molecule has 0 bridgehead atoms. The van der Waals surface area contributed by atoms with E-state index in [2.05, 4.69) is 10.3 Å². The molecule has 1 aromatic carbocycles. The molecule has 144 valence electrons. The van der Waals surface area contributed by atoms with E-state index in [1.807, 2.05) is 32.9 Å². The Bertz CT molecular complexity index is 791. The van der Waals surface area contributed by atoms with Crippen molar-refractivity contribution in [2.24, 2.45) is 0 Å². The van der Waals surface area contributed by atoms with Crippen molar-refractivity contribution in [3.8, 4) is 0 Å². The van der Waals surface area contributed by atoms with E-state index in [1.165, 1.54) is 11.3 Å². The lowest BCUT2D eigenvalue weighted by Crippen LogP contribution is -2.42. The van der Waals surface area contributed by atoms with Crippen LogP contribution < -0.4 is 5.32 Å². The van der Waals surface area contributed by atoms with E-state index in [0.717, 1.165) is 29.0 Å². The number of aromatic nitrogens is 1. The van der Waals surface area contributed by atoms with E-state index >= 15 is 0 Å². The number of benzene rings is 1. The molecule has 0 unspecified atom stereocenters. The van der Waals surface area contributed by atoms with Crippen molar-refractivity contribution < 1.29 is 14.3 Å². The molecule has 1 fully saturated rings. The fraction of sp³-hybridized carbons (Fsp3) is 0.450. The Balaban J connectivity index is 1.71. The third kappa shape index (κ3) is 5.14. The van der Waals surface area contributed by atoms with Gasteiger partial charge < -0.3 is 15.0 Å². The summed E-state index contributed by atoms with van der Waals surface area (Å²) in [6.07, 6.45) is 1.88. The monoisotopic (exact) mass is 387 g/mol. The predicted octanol–water partition coefficient (Wildman–Crippen LogP) is 3.33. The summed E-state index contributed by atoms with van der Waals surface area (Å²) < 4.78 is 5.67. The van der Waals surface area contributed by atoms with Gasteiger partial charge in [0.1, 0.15) is 6.54 Å². The number of carbonyl (C=O) groups excluding carboxylic acids is 2. The van der Waals surface area contributed by atoms with Crippen LogP contribution in [0, 0.1) is 20.8 Å².